The first-order valence-electron chi connectivity index (χ1n) is 10.1. The molecule has 11 heteroatoms. The largest absolute Gasteiger partial charge is 0.493 e. The van der Waals surface area contributed by atoms with Gasteiger partial charge < -0.3 is 24.1 Å². The van der Waals surface area contributed by atoms with E-state index < -0.39 is 27.9 Å². The van der Waals surface area contributed by atoms with Gasteiger partial charge in [-0.15, -0.1) is 0 Å². The van der Waals surface area contributed by atoms with Crippen molar-refractivity contribution >= 4 is 27.6 Å². The number of rotatable bonds is 8. The van der Waals surface area contributed by atoms with E-state index in [-0.39, 0.29) is 23.7 Å². The van der Waals surface area contributed by atoms with Gasteiger partial charge >= 0.3 is 5.97 Å². The SMILES string of the molecule is CCOC(=O)c1cc(S(=O)(=O)N2CCC[C@H]2C(=O)Nc2ccc(OC)c(OC)c2)cn1C. The Morgan fingerprint density at radius 1 is 1.16 bits per heavy atom. The van der Waals surface area contributed by atoms with Crippen LogP contribution in [0.25, 0.3) is 0 Å². The number of carbonyl (C=O) groups is 2. The van der Waals surface area contributed by atoms with Gasteiger partial charge in [0, 0.05) is 31.5 Å². The van der Waals surface area contributed by atoms with Gasteiger partial charge in [0.1, 0.15) is 16.6 Å². The number of hydrogen-bond donors (Lipinski definition) is 1. The van der Waals surface area contributed by atoms with E-state index in [2.05, 4.69) is 5.32 Å². The maximum Gasteiger partial charge on any atom is 0.354 e. The number of methoxy groups -OCH3 is 2. The third kappa shape index (κ3) is 4.58. The highest BCUT2D eigenvalue weighted by atomic mass is 32.2. The molecule has 0 spiro atoms. The monoisotopic (exact) mass is 465 g/mol. The van der Waals surface area contributed by atoms with E-state index in [0.29, 0.717) is 30.0 Å². The molecule has 1 aliphatic rings. The first-order valence-corrected chi connectivity index (χ1v) is 11.5. The number of amides is 1. The Labute approximate surface area is 187 Å². The molecule has 0 unspecified atom stereocenters. The number of hydrogen-bond acceptors (Lipinski definition) is 7. The third-order valence-electron chi connectivity index (χ3n) is 5.23. The average molecular weight is 466 g/mol. The lowest BCUT2D eigenvalue weighted by molar-refractivity contribution is -0.119. The molecule has 3 rings (SSSR count). The van der Waals surface area contributed by atoms with Crippen molar-refractivity contribution in [1.82, 2.24) is 8.87 Å². The Kier molecular flexibility index (Phi) is 7.09. The zero-order valence-electron chi connectivity index (χ0n) is 18.5. The zero-order valence-corrected chi connectivity index (χ0v) is 19.3. The fourth-order valence-corrected chi connectivity index (χ4v) is 5.38. The molecule has 1 aromatic heterocycles. The van der Waals surface area contributed by atoms with Gasteiger partial charge in [-0.2, -0.15) is 4.31 Å². The van der Waals surface area contributed by atoms with Crippen molar-refractivity contribution in [3.63, 3.8) is 0 Å². The summed E-state index contributed by atoms with van der Waals surface area (Å²) in [4.78, 5) is 25.0. The molecule has 1 aromatic carbocycles. The van der Waals surface area contributed by atoms with Gasteiger partial charge in [-0.3, -0.25) is 4.79 Å². The molecule has 1 aliphatic heterocycles. The first kappa shape index (κ1) is 23.6. The van der Waals surface area contributed by atoms with E-state index in [1.165, 1.54) is 35.4 Å². The third-order valence-corrected chi connectivity index (χ3v) is 7.10. The summed E-state index contributed by atoms with van der Waals surface area (Å²) in [5.74, 6) is -0.102. The normalized spacial score (nSPS) is 16.6. The molecule has 2 aromatic rings. The topological polar surface area (TPSA) is 116 Å². The summed E-state index contributed by atoms with van der Waals surface area (Å²) >= 11 is 0. The maximum atomic E-state index is 13.3. The van der Waals surface area contributed by atoms with Crippen molar-refractivity contribution in [2.24, 2.45) is 7.05 Å². The molecule has 2 heterocycles. The van der Waals surface area contributed by atoms with Gasteiger partial charge in [-0.1, -0.05) is 0 Å². The van der Waals surface area contributed by atoms with E-state index in [1.807, 2.05) is 0 Å². The van der Waals surface area contributed by atoms with Crippen molar-refractivity contribution in [2.45, 2.75) is 30.7 Å². The Morgan fingerprint density at radius 3 is 2.53 bits per heavy atom. The van der Waals surface area contributed by atoms with Crippen molar-refractivity contribution in [2.75, 3.05) is 32.7 Å². The van der Waals surface area contributed by atoms with Crippen LogP contribution in [0.15, 0.2) is 35.4 Å². The highest BCUT2D eigenvalue weighted by molar-refractivity contribution is 7.89. The van der Waals surface area contributed by atoms with Gasteiger partial charge in [-0.25, -0.2) is 13.2 Å². The summed E-state index contributed by atoms with van der Waals surface area (Å²) in [5.41, 5.74) is 0.581. The first-order chi connectivity index (χ1) is 15.2. The van der Waals surface area contributed by atoms with Crippen molar-refractivity contribution in [1.29, 1.82) is 0 Å². The Bertz CT molecular complexity index is 1110. The summed E-state index contributed by atoms with van der Waals surface area (Å²) < 4.78 is 44.5. The Balaban J connectivity index is 1.82. The lowest BCUT2D eigenvalue weighted by Gasteiger charge is -2.23. The van der Waals surface area contributed by atoms with E-state index in [1.54, 1.807) is 32.2 Å². The van der Waals surface area contributed by atoms with Crippen LogP contribution < -0.4 is 14.8 Å². The lowest BCUT2D eigenvalue weighted by Crippen LogP contribution is -2.43. The molecule has 0 radical (unpaired) electrons. The second-order valence-electron chi connectivity index (χ2n) is 7.23. The molecular formula is C21H27N3O7S. The molecule has 0 aliphatic carbocycles. The summed E-state index contributed by atoms with van der Waals surface area (Å²) in [6, 6.07) is 5.30. The second-order valence-corrected chi connectivity index (χ2v) is 9.12. The number of esters is 1. The number of anilines is 1. The minimum Gasteiger partial charge on any atom is -0.493 e. The fourth-order valence-electron chi connectivity index (χ4n) is 3.65. The van der Waals surface area contributed by atoms with Gasteiger partial charge in [-0.05, 0) is 38.0 Å². The van der Waals surface area contributed by atoms with E-state index in [0.717, 1.165) is 0 Å². The number of aryl methyl sites for hydroxylation is 1. The van der Waals surface area contributed by atoms with Crippen molar-refractivity contribution in [3.05, 3.63) is 36.2 Å². The number of nitrogens with zero attached hydrogens (tertiary/aromatic N) is 2. The molecule has 0 saturated carbocycles. The Morgan fingerprint density at radius 2 is 1.88 bits per heavy atom. The number of aromatic nitrogens is 1. The highest BCUT2D eigenvalue weighted by Gasteiger charge is 2.40. The molecule has 1 amide bonds. The number of benzene rings is 1. The van der Waals surface area contributed by atoms with Gasteiger partial charge in [0.2, 0.25) is 15.9 Å². The molecule has 1 fully saturated rings. The van der Waals surface area contributed by atoms with Crippen LogP contribution in [-0.2, 0) is 26.6 Å². The molecular weight excluding hydrogens is 438 g/mol. The van der Waals surface area contributed by atoms with E-state index in [4.69, 9.17) is 14.2 Å². The van der Waals surface area contributed by atoms with Gasteiger partial charge in [0.05, 0.1) is 20.8 Å². The van der Waals surface area contributed by atoms with E-state index in [9.17, 15) is 18.0 Å². The minimum atomic E-state index is -4.00. The fraction of sp³-hybridized carbons (Fsp3) is 0.429. The highest BCUT2D eigenvalue weighted by Crippen LogP contribution is 2.31. The molecule has 174 valence electrons. The zero-order chi connectivity index (χ0) is 23.5. The van der Waals surface area contributed by atoms with E-state index >= 15 is 0 Å². The number of sulfonamides is 1. The van der Waals surface area contributed by atoms with Crippen molar-refractivity contribution in [3.8, 4) is 11.5 Å². The van der Waals surface area contributed by atoms with Crippen LogP contribution in [0.2, 0.25) is 0 Å². The smallest absolute Gasteiger partial charge is 0.354 e. The molecule has 0 bridgehead atoms. The maximum absolute atomic E-state index is 13.3. The Hall–Kier alpha value is -3.05. The summed E-state index contributed by atoms with van der Waals surface area (Å²) in [5, 5.41) is 2.76. The minimum absolute atomic E-state index is 0.0612. The van der Waals surface area contributed by atoms with Crippen LogP contribution >= 0.6 is 0 Å². The van der Waals surface area contributed by atoms with Crippen LogP contribution in [-0.4, -0.2) is 62.6 Å². The lowest BCUT2D eigenvalue weighted by atomic mass is 10.2. The van der Waals surface area contributed by atoms with Crippen LogP contribution in [0.3, 0.4) is 0 Å². The van der Waals surface area contributed by atoms with Crippen molar-refractivity contribution < 1.29 is 32.2 Å². The molecule has 10 nitrogen and oxygen atoms in total. The average Bonchev–Trinajstić information content (AvgIpc) is 3.41. The van der Waals surface area contributed by atoms with Gasteiger partial charge in [0.15, 0.2) is 11.5 Å². The second kappa shape index (κ2) is 9.61. The summed E-state index contributed by atoms with van der Waals surface area (Å²) in [7, 11) is 0.560. The number of carbonyl (C=O) groups excluding carboxylic acids is 2. The van der Waals surface area contributed by atoms with Crippen LogP contribution in [0, 0.1) is 0 Å². The van der Waals surface area contributed by atoms with Gasteiger partial charge in [0.25, 0.3) is 0 Å². The molecule has 1 saturated heterocycles. The molecule has 1 N–H and O–H groups in total. The summed E-state index contributed by atoms with van der Waals surface area (Å²) in [6.45, 7) is 2.05. The molecule has 1 atom stereocenters. The molecule has 32 heavy (non-hydrogen) atoms. The van der Waals surface area contributed by atoms with Crippen LogP contribution in [0.1, 0.15) is 30.3 Å². The standard InChI is InChI=1S/C21H27N3O7S/c1-5-31-21(26)17-12-15(13-23(17)2)32(27,28)24-10-6-7-16(24)20(25)22-14-8-9-18(29-3)19(11-14)30-4/h8-9,11-13,16H,5-7,10H2,1-4H3,(H,22,25)/t16-/m0/s1. The number of ether oxygens (including phenoxy) is 3. The van der Waals surface area contributed by atoms with Crippen LogP contribution in [0.5, 0.6) is 11.5 Å². The number of nitrogens with one attached hydrogen (secondary N) is 1. The van der Waals surface area contributed by atoms with Crippen LogP contribution in [0.4, 0.5) is 5.69 Å². The predicted molar refractivity (Wildman–Crippen MR) is 116 cm³/mol. The quantitative estimate of drug-likeness (QED) is 0.593. The predicted octanol–water partition coefficient (Wildman–Crippen LogP) is 2.01. The summed E-state index contributed by atoms with van der Waals surface area (Å²) in [6.07, 6.45) is 2.28.